The quantitative estimate of drug-likeness (QED) is 0.365. The minimum atomic E-state index is -4.58. The van der Waals surface area contributed by atoms with Gasteiger partial charge in [-0.3, -0.25) is 4.57 Å². The van der Waals surface area contributed by atoms with Gasteiger partial charge in [0.25, 0.3) is 0 Å². The Bertz CT molecular complexity index is 1230. The highest BCUT2D eigenvalue weighted by molar-refractivity contribution is 7.99. The summed E-state index contributed by atoms with van der Waals surface area (Å²) in [5.41, 5.74) is 6.50. The number of nitrogen functional groups attached to an aromatic ring is 1. The molecule has 2 aromatic heterocycles. The second-order valence-corrected chi connectivity index (χ2v) is 8.47. The second-order valence-electron chi connectivity index (χ2n) is 6.62. The molecule has 160 valence electrons. The molecule has 5 nitrogen and oxygen atoms in total. The summed E-state index contributed by atoms with van der Waals surface area (Å²) in [7, 11) is 0. The number of rotatable bonds is 5. The normalized spacial score (nSPS) is 12.9. The molecule has 31 heavy (non-hydrogen) atoms. The van der Waals surface area contributed by atoms with E-state index in [4.69, 9.17) is 28.9 Å². The van der Waals surface area contributed by atoms with Gasteiger partial charge in [0.2, 0.25) is 0 Å². The summed E-state index contributed by atoms with van der Waals surface area (Å²) in [5, 5.41) is 0.752. The van der Waals surface area contributed by atoms with Crippen molar-refractivity contribution in [3.63, 3.8) is 0 Å². The third kappa shape index (κ3) is 4.58. The molecule has 0 aliphatic rings. The molecule has 0 fully saturated rings. The number of halogens is 5. The lowest BCUT2D eigenvalue weighted by Crippen LogP contribution is -2.29. The highest BCUT2D eigenvalue weighted by Crippen LogP contribution is 2.42. The van der Waals surface area contributed by atoms with E-state index in [1.54, 1.807) is 42.5 Å². The smallest absolute Gasteiger partial charge is 0.382 e. The van der Waals surface area contributed by atoms with Crippen LogP contribution >= 0.6 is 35.0 Å². The van der Waals surface area contributed by atoms with Gasteiger partial charge in [0.05, 0.1) is 5.02 Å². The van der Waals surface area contributed by atoms with Crippen LogP contribution in [0.15, 0.2) is 64.9 Å². The van der Waals surface area contributed by atoms with Gasteiger partial charge in [-0.05, 0) is 35.5 Å². The van der Waals surface area contributed by atoms with Crippen LogP contribution in [0.1, 0.15) is 11.6 Å². The van der Waals surface area contributed by atoms with Gasteiger partial charge >= 0.3 is 6.18 Å². The molecule has 0 spiro atoms. The van der Waals surface area contributed by atoms with Crippen LogP contribution in [-0.4, -0.2) is 25.7 Å². The van der Waals surface area contributed by atoms with Crippen LogP contribution in [0.4, 0.5) is 19.0 Å². The van der Waals surface area contributed by atoms with E-state index in [2.05, 4.69) is 15.0 Å². The fourth-order valence-electron chi connectivity index (χ4n) is 3.11. The molecular weight excluding hydrogens is 470 g/mol. The summed E-state index contributed by atoms with van der Waals surface area (Å²) in [6.07, 6.45) is -3.76. The summed E-state index contributed by atoms with van der Waals surface area (Å²) < 4.78 is 43.9. The first-order valence-electron chi connectivity index (χ1n) is 8.96. The Kier molecular flexibility index (Phi) is 6.00. The van der Waals surface area contributed by atoms with Crippen LogP contribution in [0.3, 0.4) is 0 Å². The largest absolute Gasteiger partial charge is 0.409 e. The molecule has 0 saturated heterocycles. The average Bonchev–Trinajstić information content (AvgIpc) is 3.07. The minimum absolute atomic E-state index is 0.00154. The van der Waals surface area contributed by atoms with Crippen LogP contribution in [-0.2, 0) is 6.42 Å². The summed E-state index contributed by atoms with van der Waals surface area (Å²) in [6, 6.07) is 11.2. The Hall–Kier alpha value is -2.49. The van der Waals surface area contributed by atoms with Gasteiger partial charge in [-0.15, -0.1) is 0 Å². The third-order valence-electron chi connectivity index (χ3n) is 4.53. The van der Waals surface area contributed by atoms with Gasteiger partial charge < -0.3 is 5.73 Å². The number of alkyl halides is 3. The van der Waals surface area contributed by atoms with Gasteiger partial charge in [0.15, 0.2) is 22.1 Å². The molecule has 2 N–H and O–H groups in total. The van der Waals surface area contributed by atoms with Gasteiger partial charge in [0, 0.05) is 16.3 Å². The highest BCUT2D eigenvalue weighted by Gasteiger charge is 2.43. The van der Waals surface area contributed by atoms with Crippen molar-refractivity contribution in [3.05, 3.63) is 70.5 Å². The fourth-order valence-corrected chi connectivity index (χ4v) is 4.57. The van der Waals surface area contributed by atoms with Crippen molar-refractivity contribution in [2.45, 2.75) is 28.7 Å². The van der Waals surface area contributed by atoms with Crippen molar-refractivity contribution in [2.75, 3.05) is 5.73 Å². The molecule has 0 radical (unpaired) electrons. The topological polar surface area (TPSA) is 69.6 Å². The van der Waals surface area contributed by atoms with Gasteiger partial charge in [-0.25, -0.2) is 15.0 Å². The molecule has 4 rings (SSSR count). The summed E-state index contributed by atoms with van der Waals surface area (Å²) in [4.78, 5) is 12.7. The van der Waals surface area contributed by atoms with Crippen molar-refractivity contribution in [1.29, 1.82) is 0 Å². The van der Waals surface area contributed by atoms with Crippen molar-refractivity contribution in [2.24, 2.45) is 0 Å². The van der Waals surface area contributed by atoms with E-state index in [1.165, 1.54) is 6.07 Å². The van der Waals surface area contributed by atoms with Crippen LogP contribution in [0.5, 0.6) is 0 Å². The summed E-state index contributed by atoms with van der Waals surface area (Å²) in [6.45, 7) is 0. The van der Waals surface area contributed by atoms with Gasteiger partial charge in [-0.2, -0.15) is 13.2 Å². The number of imidazole rings is 1. The Labute approximate surface area is 189 Å². The van der Waals surface area contributed by atoms with Gasteiger partial charge in [0.1, 0.15) is 12.4 Å². The standard InChI is InChI=1S/C20H14Cl2F3N5S/c21-12-6-7-14(13(22)9-12)31-19-29-16-17(26)27-10-28-18(16)30(19)15(20(23,24)25)8-11-4-2-1-3-5-11/h1-7,9-10,15H,8H2,(H2,26,27,28). The zero-order chi connectivity index (χ0) is 22.2. The predicted molar refractivity (Wildman–Crippen MR) is 116 cm³/mol. The van der Waals surface area contributed by atoms with E-state index < -0.39 is 12.2 Å². The highest BCUT2D eigenvalue weighted by atomic mass is 35.5. The first kappa shape index (κ1) is 21.7. The van der Waals surface area contributed by atoms with Crippen LogP contribution in [0, 0.1) is 0 Å². The number of fused-ring (bicyclic) bond motifs is 1. The molecule has 0 aliphatic carbocycles. The Morgan fingerprint density at radius 1 is 1.06 bits per heavy atom. The maximum absolute atomic E-state index is 14.3. The first-order valence-corrected chi connectivity index (χ1v) is 10.5. The molecule has 0 amide bonds. The number of anilines is 1. The maximum Gasteiger partial charge on any atom is 0.409 e. The first-order chi connectivity index (χ1) is 14.7. The van der Waals surface area contributed by atoms with E-state index in [-0.39, 0.29) is 28.6 Å². The third-order valence-corrected chi connectivity index (χ3v) is 6.24. The summed E-state index contributed by atoms with van der Waals surface area (Å²) >= 11 is 13.2. The molecule has 0 saturated carbocycles. The fraction of sp³-hybridized carbons (Fsp3) is 0.150. The lowest BCUT2D eigenvalue weighted by atomic mass is 10.1. The number of hydrogen-bond acceptors (Lipinski definition) is 5. The number of benzene rings is 2. The van der Waals surface area contributed by atoms with E-state index >= 15 is 0 Å². The van der Waals surface area contributed by atoms with Crippen molar-refractivity contribution < 1.29 is 13.2 Å². The molecule has 1 unspecified atom stereocenters. The lowest BCUT2D eigenvalue weighted by Gasteiger charge is -2.24. The molecular formula is C20H14Cl2F3N5S. The molecule has 0 aliphatic heterocycles. The van der Waals surface area contributed by atoms with E-state index in [9.17, 15) is 13.2 Å². The molecule has 2 aromatic carbocycles. The monoisotopic (exact) mass is 483 g/mol. The molecule has 0 bridgehead atoms. The zero-order valence-corrected chi connectivity index (χ0v) is 18.0. The van der Waals surface area contributed by atoms with Crippen LogP contribution in [0.2, 0.25) is 10.0 Å². The van der Waals surface area contributed by atoms with Gasteiger partial charge in [-0.1, -0.05) is 53.5 Å². The maximum atomic E-state index is 14.3. The van der Waals surface area contributed by atoms with Crippen molar-refractivity contribution in [3.8, 4) is 0 Å². The van der Waals surface area contributed by atoms with E-state index in [0.717, 1.165) is 22.7 Å². The van der Waals surface area contributed by atoms with Crippen LogP contribution < -0.4 is 5.73 Å². The van der Waals surface area contributed by atoms with Crippen molar-refractivity contribution >= 4 is 51.9 Å². The molecule has 11 heteroatoms. The Morgan fingerprint density at radius 3 is 2.48 bits per heavy atom. The van der Waals surface area contributed by atoms with Crippen molar-refractivity contribution in [1.82, 2.24) is 19.5 Å². The Morgan fingerprint density at radius 2 is 1.81 bits per heavy atom. The second kappa shape index (κ2) is 8.57. The SMILES string of the molecule is Nc1ncnc2c1nc(Sc1ccc(Cl)cc1Cl)n2C(Cc1ccccc1)C(F)(F)F. The lowest BCUT2D eigenvalue weighted by molar-refractivity contribution is -0.168. The Balaban J connectivity index is 1.89. The number of nitrogens with zero attached hydrogens (tertiary/aromatic N) is 4. The summed E-state index contributed by atoms with van der Waals surface area (Å²) in [5.74, 6) is -0.00608. The predicted octanol–water partition coefficient (Wildman–Crippen LogP) is 6.21. The molecule has 1 atom stereocenters. The van der Waals surface area contributed by atoms with E-state index in [0.29, 0.717) is 20.5 Å². The average molecular weight is 484 g/mol. The van der Waals surface area contributed by atoms with E-state index in [1.807, 2.05) is 0 Å². The minimum Gasteiger partial charge on any atom is -0.382 e. The number of nitrogens with two attached hydrogens (primary N) is 1. The molecule has 4 aromatic rings. The zero-order valence-electron chi connectivity index (χ0n) is 15.6. The van der Waals surface area contributed by atoms with Crippen LogP contribution in [0.25, 0.3) is 11.2 Å². The number of aromatic nitrogens is 4. The number of hydrogen-bond donors (Lipinski definition) is 1. The molecule has 2 heterocycles.